The number of amides is 1. The number of carbonyl (C=O) groups is 1. The van der Waals surface area contributed by atoms with E-state index in [2.05, 4.69) is 22.1 Å². The summed E-state index contributed by atoms with van der Waals surface area (Å²) in [6, 6.07) is 10.3. The zero-order valence-corrected chi connectivity index (χ0v) is 12.1. The minimum atomic E-state index is -0.283. The van der Waals surface area contributed by atoms with Gasteiger partial charge in [0, 0.05) is 10.6 Å². The van der Waals surface area contributed by atoms with Gasteiger partial charge in [0.1, 0.15) is 18.1 Å². The van der Waals surface area contributed by atoms with E-state index in [0.29, 0.717) is 27.7 Å². The zero-order chi connectivity index (χ0) is 15.2. The first kappa shape index (κ1) is 15.0. The molecular weight excluding hydrogens is 288 g/mol. The SMILES string of the molecule is Cc1c(Cl)cccc1C(=O)Nc1cccc(C#CCO)n1. The van der Waals surface area contributed by atoms with Crippen molar-refractivity contribution in [2.75, 3.05) is 11.9 Å². The summed E-state index contributed by atoms with van der Waals surface area (Å²) in [4.78, 5) is 16.4. The average molecular weight is 301 g/mol. The van der Waals surface area contributed by atoms with Crippen LogP contribution in [0.2, 0.25) is 5.02 Å². The second-order valence-corrected chi connectivity index (χ2v) is 4.64. The average Bonchev–Trinajstić information content (AvgIpc) is 2.48. The summed E-state index contributed by atoms with van der Waals surface area (Å²) in [5.74, 6) is 5.30. The number of rotatable bonds is 2. The standard InChI is InChI=1S/C16H13ClN2O2/c1-11-13(7-3-8-14(11)17)16(21)19-15-9-2-5-12(18-15)6-4-10-20/h2-3,5,7-9,20H,10H2,1H3,(H,18,19,21). The van der Waals surface area contributed by atoms with Crippen LogP contribution in [-0.2, 0) is 0 Å². The minimum Gasteiger partial charge on any atom is -0.384 e. The van der Waals surface area contributed by atoms with Crippen molar-refractivity contribution in [1.29, 1.82) is 0 Å². The van der Waals surface area contributed by atoms with E-state index in [4.69, 9.17) is 16.7 Å². The maximum atomic E-state index is 12.2. The number of hydrogen-bond acceptors (Lipinski definition) is 3. The smallest absolute Gasteiger partial charge is 0.257 e. The summed E-state index contributed by atoms with van der Waals surface area (Å²) in [7, 11) is 0. The van der Waals surface area contributed by atoms with Gasteiger partial charge in [-0.05, 0) is 42.7 Å². The number of aliphatic hydroxyl groups is 1. The Morgan fingerprint density at radius 2 is 2.10 bits per heavy atom. The summed E-state index contributed by atoms with van der Waals surface area (Å²) >= 11 is 6.01. The molecule has 2 aromatic rings. The number of carbonyl (C=O) groups excluding carboxylic acids is 1. The molecule has 0 aliphatic heterocycles. The molecule has 0 saturated carbocycles. The molecule has 21 heavy (non-hydrogen) atoms. The highest BCUT2D eigenvalue weighted by molar-refractivity contribution is 6.32. The van der Waals surface area contributed by atoms with Gasteiger partial charge in [0.05, 0.1) is 0 Å². The summed E-state index contributed by atoms with van der Waals surface area (Å²) in [6.07, 6.45) is 0. The number of benzene rings is 1. The van der Waals surface area contributed by atoms with Gasteiger partial charge < -0.3 is 10.4 Å². The molecular formula is C16H13ClN2O2. The Morgan fingerprint density at radius 3 is 2.86 bits per heavy atom. The van der Waals surface area contributed by atoms with Crippen molar-refractivity contribution in [1.82, 2.24) is 4.98 Å². The molecule has 2 N–H and O–H groups in total. The Balaban J connectivity index is 2.22. The fraction of sp³-hybridized carbons (Fsp3) is 0.125. The van der Waals surface area contributed by atoms with Crippen LogP contribution in [0.4, 0.5) is 5.82 Å². The van der Waals surface area contributed by atoms with Crippen molar-refractivity contribution in [3.63, 3.8) is 0 Å². The van der Waals surface area contributed by atoms with E-state index in [0.717, 1.165) is 0 Å². The molecule has 0 atom stereocenters. The molecule has 1 aromatic heterocycles. The second-order valence-electron chi connectivity index (χ2n) is 4.23. The van der Waals surface area contributed by atoms with Gasteiger partial charge >= 0.3 is 0 Å². The molecule has 0 unspecified atom stereocenters. The normalized spacial score (nSPS) is 9.67. The quantitative estimate of drug-likeness (QED) is 0.838. The molecule has 5 heteroatoms. The lowest BCUT2D eigenvalue weighted by Crippen LogP contribution is -2.14. The van der Waals surface area contributed by atoms with Gasteiger partial charge in [-0.25, -0.2) is 4.98 Å². The molecule has 1 heterocycles. The van der Waals surface area contributed by atoms with Gasteiger partial charge in [-0.3, -0.25) is 4.79 Å². The van der Waals surface area contributed by atoms with Crippen molar-refractivity contribution in [3.8, 4) is 11.8 Å². The number of nitrogens with one attached hydrogen (secondary N) is 1. The third-order valence-electron chi connectivity index (χ3n) is 2.80. The lowest BCUT2D eigenvalue weighted by molar-refractivity contribution is 0.102. The Bertz CT molecular complexity index is 733. The topological polar surface area (TPSA) is 62.2 Å². The second kappa shape index (κ2) is 6.89. The molecule has 1 aromatic carbocycles. The monoisotopic (exact) mass is 300 g/mol. The first-order valence-electron chi connectivity index (χ1n) is 6.25. The van der Waals surface area contributed by atoms with Crippen LogP contribution in [0.5, 0.6) is 0 Å². The number of pyridine rings is 1. The van der Waals surface area contributed by atoms with Gasteiger partial charge in [0.25, 0.3) is 5.91 Å². The molecule has 0 fully saturated rings. The molecule has 0 aliphatic rings. The Kier molecular flexibility index (Phi) is 4.94. The summed E-state index contributed by atoms with van der Waals surface area (Å²) in [6.45, 7) is 1.55. The number of aromatic nitrogens is 1. The van der Waals surface area contributed by atoms with Gasteiger partial charge in [0.2, 0.25) is 0 Å². The van der Waals surface area contributed by atoms with E-state index in [1.807, 2.05) is 0 Å². The third-order valence-corrected chi connectivity index (χ3v) is 3.21. The van der Waals surface area contributed by atoms with Crippen LogP contribution in [-0.4, -0.2) is 22.6 Å². The fourth-order valence-corrected chi connectivity index (χ4v) is 1.92. The van der Waals surface area contributed by atoms with Crippen LogP contribution >= 0.6 is 11.6 Å². The molecule has 0 saturated heterocycles. The summed E-state index contributed by atoms with van der Waals surface area (Å²) in [5.41, 5.74) is 1.69. The molecule has 0 spiro atoms. The maximum absolute atomic E-state index is 12.2. The zero-order valence-electron chi connectivity index (χ0n) is 11.4. The summed E-state index contributed by atoms with van der Waals surface area (Å²) in [5, 5.41) is 11.9. The van der Waals surface area contributed by atoms with Gasteiger partial charge in [-0.15, -0.1) is 0 Å². The van der Waals surface area contributed by atoms with E-state index in [1.165, 1.54) is 0 Å². The highest BCUT2D eigenvalue weighted by Crippen LogP contribution is 2.19. The Morgan fingerprint density at radius 1 is 1.33 bits per heavy atom. The Labute approximate surface area is 127 Å². The number of halogens is 1. The van der Waals surface area contributed by atoms with Crippen LogP contribution < -0.4 is 5.32 Å². The number of anilines is 1. The number of nitrogens with zero attached hydrogens (tertiary/aromatic N) is 1. The molecule has 0 bridgehead atoms. The van der Waals surface area contributed by atoms with E-state index >= 15 is 0 Å². The maximum Gasteiger partial charge on any atom is 0.257 e. The van der Waals surface area contributed by atoms with Crippen molar-refractivity contribution >= 4 is 23.3 Å². The third kappa shape index (κ3) is 3.82. The lowest BCUT2D eigenvalue weighted by atomic mass is 10.1. The van der Waals surface area contributed by atoms with E-state index in [9.17, 15) is 4.79 Å². The van der Waals surface area contributed by atoms with Crippen molar-refractivity contribution < 1.29 is 9.90 Å². The van der Waals surface area contributed by atoms with E-state index in [-0.39, 0.29) is 12.5 Å². The highest BCUT2D eigenvalue weighted by Gasteiger charge is 2.11. The predicted molar refractivity (Wildman–Crippen MR) is 82.3 cm³/mol. The lowest BCUT2D eigenvalue weighted by Gasteiger charge is -2.08. The molecule has 0 radical (unpaired) electrons. The van der Waals surface area contributed by atoms with Gasteiger partial charge in [-0.1, -0.05) is 29.7 Å². The predicted octanol–water partition coefficient (Wildman–Crippen LogP) is 2.64. The number of aliphatic hydroxyl groups excluding tert-OH is 1. The fourth-order valence-electron chi connectivity index (χ4n) is 1.74. The molecule has 2 rings (SSSR count). The molecule has 1 amide bonds. The van der Waals surface area contributed by atoms with Crippen LogP contribution in [0.1, 0.15) is 21.6 Å². The van der Waals surface area contributed by atoms with E-state index < -0.39 is 0 Å². The van der Waals surface area contributed by atoms with Crippen molar-refractivity contribution in [2.45, 2.75) is 6.92 Å². The largest absolute Gasteiger partial charge is 0.384 e. The first-order valence-corrected chi connectivity index (χ1v) is 6.63. The van der Waals surface area contributed by atoms with Crippen molar-refractivity contribution in [2.24, 2.45) is 0 Å². The van der Waals surface area contributed by atoms with Crippen molar-refractivity contribution in [3.05, 3.63) is 58.2 Å². The summed E-state index contributed by atoms with van der Waals surface area (Å²) < 4.78 is 0. The van der Waals surface area contributed by atoms with Gasteiger partial charge in [-0.2, -0.15) is 0 Å². The van der Waals surface area contributed by atoms with Crippen LogP contribution in [0, 0.1) is 18.8 Å². The first-order chi connectivity index (χ1) is 10.1. The van der Waals surface area contributed by atoms with E-state index in [1.54, 1.807) is 43.3 Å². The molecule has 106 valence electrons. The Hall–Kier alpha value is -2.35. The molecule has 0 aliphatic carbocycles. The van der Waals surface area contributed by atoms with Crippen LogP contribution in [0.25, 0.3) is 0 Å². The highest BCUT2D eigenvalue weighted by atomic mass is 35.5. The van der Waals surface area contributed by atoms with Gasteiger partial charge in [0.15, 0.2) is 0 Å². The number of hydrogen-bond donors (Lipinski definition) is 2. The van der Waals surface area contributed by atoms with Crippen LogP contribution in [0.3, 0.4) is 0 Å². The van der Waals surface area contributed by atoms with Crippen LogP contribution in [0.15, 0.2) is 36.4 Å². The molecule has 4 nitrogen and oxygen atoms in total. The minimum absolute atomic E-state index is 0.236.